The standard InChI is InChI=1S/C21H24N4O3/c1-13(2)19(20-22-16-7-3-4-8-17(16)23-20)24-21(27)14-10-18(26)25(11-14)12-15-6-5-9-28-15/h3-9,13-14,19H,10-12H2,1-2H3,(H,22,23)(H,24,27). The molecule has 1 aliphatic rings. The Kier molecular flexibility index (Phi) is 4.90. The Balaban J connectivity index is 1.45. The number of hydrogen-bond donors (Lipinski definition) is 2. The van der Waals surface area contributed by atoms with Crippen LogP contribution in [0.5, 0.6) is 0 Å². The van der Waals surface area contributed by atoms with Crippen molar-refractivity contribution in [1.29, 1.82) is 0 Å². The maximum atomic E-state index is 12.9. The van der Waals surface area contributed by atoms with Crippen LogP contribution >= 0.6 is 0 Å². The van der Waals surface area contributed by atoms with Crippen molar-refractivity contribution in [2.24, 2.45) is 11.8 Å². The average Bonchev–Trinajstić information content (AvgIpc) is 3.40. The minimum atomic E-state index is -0.368. The van der Waals surface area contributed by atoms with Crippen LogP contribution in [-0.2, 0) is 16.1 Å². The number of carbonyl (C=O) groups excluding carboxylic acids is 2. The summed E-state index contributed by atoms with van der Waals surface area (Å²) in [5.74, 6) is 1.10. The quantitative estimate of drug-likeness (QED) is 0.688. The first-order chi connectivity index (χ1) is 13.5. The Morgan fingerprint density at radius 3 is 2.86 bits per heavy atom. The molecule has 0 saturated carbocycles. The molecule has 7 heteroatoms. The third-order valence-corrected chi connectivity index (χ3v) is 5.18. The van der Waals surface area contributed by atoms with Crippen molar-refractivity contribution in [3.05, 3.63) is 54.2 Å². The van der Waals surface area contributed by atoms with E-state index in [2.05, 4.69) is 15.3 Å². The zero-order valence-electron chi connectivity index (χ0n) is 16.0. The van der Waals surface area contributed by atoms with Gasteiger partial charge >= 0.3 is 0 Å². The maximum absolute atomic E-state index is 12.9. The van der Waals surface area contributed by atoms with E-state index in [4.69, 9.17) is 4.42 Å². The number of amides is 2. The van der Waals surface area contributed by atoms with Crippen LogP contribution in [0.3, 0.4) is 0 Å². The summed E-state index contributed by atoms with van der Waals surface area (Å²) in [6.45, 7) is 4.88. The fourth-order valence-corrected chi connectivity index (χ4v) is 3.63. The van der Waals surface area contributed by atoms with Crippen LogP contribution in [0.1, 0.15) is 37.9 Å². The van der Waals surface area contributed by atoms with Gasteiger partial charge in [-0.2, -0.15) is 0 Å². The van der Waals surface area contributed by atoms with Gasteiger partial charge in [-0.15, -0.1) is 0 Å². The topological polar surface area (TPSA) is 91.2 Å². The normalized spacial score (nSPS) is 18.2. The molecule has 4 rings (SSSR count). The van der Waals surface area contributed by atoms with Crippen molar-refractivity contribution in [3.8, 4) is 0 Å². The molecule has 1 aromatic carbocycles. The van der Waals surface area contributed by atoms with Crippen molar-refractivity contribution in [3.63, 3.8) is 0 Å². The van der Waals surface area contributed by atoms with Crippen molar-refractivity contribution >= 4 is 22.8 Å². The molecule has 0 radical (unpaired) electrons. The molecule has 146 valence electrons. The number of aromatic amines is 1. The first-order valence-electron chi connectivity index (χ1n) is 9.56. The van der Waals surface area contributed by atoms with Crippen LogP contribution in [0.15, 0.2) is 47.1 Å². The summed E-state index contributed by atoms with van der Waals surface area (Å²) in [6, 6.07) is 11.2. The second-order valence-electron chi connectivity index (χ2n) is 7.62. The van der Waals surface area contributed by atoms with Gasteiger partial charge in [0.25, 0.3) is 0 Å². The highest BCUT2D eigenvalue weighted by Crippen LogP contribution is 2.25. The van der Waals surface area contributed by atoms with Gasteiger partial charge in [0.1, 0.15) is 11.6 Å². The average molecular weight is 380 g/mol. The van der Waals surface area contributed by atoms with E-state index >= 15 is 0 Å². The summed E-state index contributed by atoms with van der Waals surface area (Å²) >= 11 is 0. The van der Waals surface area contributed by atoms with Crippen molar-refractivity contribution < 1.29 is 14.0 Å². The number of nitrogens with one attached hydrogen (secondary N) is 2. The molecular formula is C21H24N4O3. The summed E-state index contributed by atoms with van der Waals surface area (Å²) < 4.78 is 5.32. The third kappa shape index (κ3) is 3.65. The zero-order chi connectivity index (χ0) is 19.7. The zero-order valence-corrected chi connectivity index (χ0v) is 16.0. The van der Waals surface area contributed by atoms with Crippen LogP contribution in [0.2, 0.25) is 0 Å². The smallest absolute Gasteiger partial charge is 0.226 e. The molecule has 2 amide bonds. The SMILES string of the molecule is CC(C)C(NC(=O)C1CC(=O)N(Cc2ccco2)C1)c1nc2ccccc2[nH]1. The lowest BCUT2D eigenvalue weighted by Gasteiger charge is -2.22. The molecule has 3 heterocycles. The van der Waals surface area contributed by atoms with E-state index in [1.54, 1.807) is 17.2 Å². The number of furan rings is 1. The second kappa shape index (κ2) is 7.50. The Bertz CT molecular complexity index is 944. The number of para-hydroxylation sites is 2. The summed E-state index contributed by atoms with van der Waals surface area (Å²) in [4.78, 5) is 34.8. The largest absolute Gasteiger partial charge is 0.467 e. The van der Waals surface area contributed by atoms with Crippen LogP contribution < -0.4 is 5.32 Å². The summed E-state index contributed by atoms with van der Waals surface area (Å²) in [6.07, 6.45) is 1.80. The Morgan fingerprint density at radius 2 is 2.14 bits per heavy atom. The molecule has 1 saturated heterocycles. The van der Waals surface area contributed by atoms with Crippen molar-refractivity contribution in [2.45, 2.75) is 32.9 Å². The van der Waals surface area contributed by atoms with Gasteiger partial charge in [0, 0.05) is 13.0 Å². The van der Waals surface area contributed by atoms with E-state index in [1.807, 2.05) is 44.2 Å². The molecule has 3 aromatic rings. The number of aromatic nitrogens is 2. The van der Waals surface area contributed by atoms with E-state index in [9.17, 15) is 9.59 Å². The molecule has 2 aromatic heterocycles. The molecule has 2 atom stereocenters. The molecule has 1 fully saturated rings. The maximum Gasteiger partial charge on any atom is 0.226 e. The van der Waals surface area contributed by atoms with Crippen LogP contribution in [0.25, 0.3) is 11.0 Å². The molecule has 2 unspecified atom stereocenters. The fraction of sp³-hybridized carbons (Fsp3) is 0.381. The number of hydrogen-bond acceptors (Lipinski definition) is 4. The Hall–Kier alpha value is -3.09. The van der Waals surface area contributed by atoms with E-state index in [-0.39, 0.29) is 36.1 Å². The number of imidazole rings is 1. The molecule has 0 aliphatic carbocycles. The molecule has 1 aliphatic heterocycles. The summed E-state index contributed by atoms with van der Waals surface area (Å²) in [7, 11) is 0. The van der Waals surface area contributed by atoms with Gasteiger partial charge in [0.05, 0.1) is 35.8 Å². The Labute approximate surface area is 163 Å². The molecule has 0 bridgehead atoms. The van der Waals surface area contributed by atoms with Crippen LogP contribution in [-0.4, -0.2) is 33.2 Å². The lowest BCUT2D eigenvalue weighted by molar-refractivity contribution is -0.129. The van der Waals surface area contributed by atoms with Gasteiger partial charge in [-0.25, -0.2) is 4.98 Å². The van der Waals surface area contributed by atoms with Crippen molar-refractivity contribution in [1.82, 2.24) is 20.2 Å². The number of carbonyl (C=O) groups is 2. The van der Waals surface area contributed by atoms with E-state index in [0.29, 0.717) is 13.1 Å². The Morgan fingerprint density at radius 1 is 1.32 bits per heavy atom. The number of likely N-dealkylation sites (tertiary alicyclic amines) is 1. The van der Waals surface area contributed by atoms with E-state index in [1.165, 1.54) is 0 Å². The minimum absolute atomic E-state index is 0.0265. The first-order valence-corrected chi connectivity index (χ1v) is 9.56. The van der Waals surface area contributed by atoms with Gasteiger partial charge < -0.3 is 19.6 Å². The number of fused-ring (bicyclic) bond motifs is 1. The highest BCUT2D eigenvalue weighted by atomic mass is 16.3. The number of benzene rings is 1. The second-order valence-corrected chi connectivity index (χ2v) is 7.62. The van der Waals surface area contributed by atoms with E-state index in [0.717, 1.165) is 22.6 Å². The fourth-order valence-electron chi connectivity index (χ4n) is 3.63. The highest BCUT2D eigenvalue weighted by Gasteiger charge is 2.36. The first kappa shape index (κ1) is 18.3. The van der Waals surface area contributed by atoms with Crippen molar-refractivity contribution in [2.75, 3.05) is 6.54 Å². The molecule has 0 spiro atoms. The lowest BCUT2D eigenvalue weighted by atomic mass is 10.0. The number of H-pyrrole nitrogens is 1. The monoisotopic (exact) mass is 380 g/mol. The predicted octanol–water partition coefficient (Wildman–Crippen LogP) is 3.02. The molecule has 2 N–H and O–H groups in total. The van der Waals surface area contributed by atoms with Gasteiger partial charge in [-0.3, -0.25) is 9.59 Å². The molecule has 28 heavy (non-hydrogen) atoms. The number of nitrogens with zero attached hydrogens (tertiary/aromatic N) is 2. The molecular weight excluding hydrogens is 356 g/mol. The number of rotatable bonds is 6. The van der Waals surface area contributed by atoms with Gasteiger partial charge in [0.15, 0.2) is 0 Å². The molecule has 7 nitrogen and oxygen atoms in total. The highest BCUT2D eigenvalue weighted by molar-refractivity contribution is 5.89. The van der Waals surface area contributed by atoms with E-state index < -0.39 is 0 Å². The minimum Gasteiger partial charge on any atom is -0.467 e. The van der Waals surface area contributed by atoms with Crippen LogP contribution in [0, 0.1) is 11.8 Å². The summed E-state index contributed by atoms with van der Waals surface area (Å²) in [5.41, 5.74) is 1.82. The third-order valence-electron chi connectivity index (χ3n) is 5.18. The lowest BCUT2D eigenvalue weighted by Crippen LogP contribution is -2.37. The van der Waals surface area contributed by atoms with Gasteiger partial charge in [-0.05, 0) is 30.2 Å². The van der Waals surface area contributed by atoms with Gasteiger partial charge in [0.2, 0.25) is 11.8 Å². The van der Waals surface area contributed by atoms with Gasteiger partial charge in [-0.1, -0.05) is 26.0 Å². The van der Waals surface area contributed by atoms with Crippen LogP contribution in [0.4, 0.5) is 0 Å². The summed E-state index contributed by atoms with van der Waals surface area (Å²) in [5, 5.41) is 3.10. The predicted molar refractivity (Wildman–Crippen MR) is 104 cm³/mol.